The Balaban J connectivity index is 1.82. The lowest BCUT2D eigenvalue weighted by molar-refractivity contribution is -0.123. The van der Waals surface area contributed by atoms with Gasteiger partial charge in [-0.3, -0.25) is 4.79 Å². The quantitative estimate of drug-likeness (QED) is 0.857. The SMILES string of the molecule is CC(C)(C)c1ccc2c(c1)CCN2C(=O)C1COCCN1. The maximum atomic E-state index is 12.6. The molecule has 2 heterocycles. The molecule has 21 heavy (non-hydrogen) atoms. The molecule has 1 fully saturated rings. The molecule has 4 nitrogen and oxygen atoms in total. The van der Waals surface area contributed by atoms with Crippen LogP contribution in [0.4, 0.5) is 5.69 Å². The Morgan fingerprint density at radius 3 is 2.86 bits per heavy atom. The molecule has 0 aromatic heterocycles. The largest absolute Gasteiger partial charge is 0.378 e. The van der Waals surface area contributed by atoms with Crippen LogP contribution in [-0.2, 0) is 21.4 Å². The molecule has 0 bridgehead atoms. The number of nitrogens with zero attached hydrogens (tertiary/aromatic N) is 1. The number of amides is 1. The Hall–Kier alpha value is -1.39. The Kier molecular flexibility index (Phi) is 3.76. The number of benzene rings is 1. The molecule has 1 aromatic carbocycles. The third kappa shape index (κ3) is 2.83. The van der Waals surface area contributed by atoms with Crippen LogP contribution in [0.15, 0.2) is 18.2 Å². The van der Waals surface area contributed by atoms with E-state index >= 15 is 0 Å². The lowest BCUT2D eigenvalue weighted by atomic mass is 9.86. The van der Waals surface area contributed by atoms with E-state index in [4.69, 9.17) is 4.74 Å². The van der Waals surface area contributed by atoms with Crippen molar-refractivity contribution in [2.45, 2.75) is 38.6 Å². The van der Waals surface area contributed by atoms with Crippen LogP contribution in [0, 0.1) is 0 Å². The minimum Gasteiger partial charge on any atom is -0.378 e. The molecule has 1 saturated heterocycles. The number of hydrogen-bond donors (Lipinski definition) is 1. The first-order valence-corrected chi connectivity index (χ1v) is 7.73. The maximum absolute atomic E-state index is 12.6. The van der Waals surface area contributed by atoms with Gasteiger partial charge in [-0.2, -0.15) is 0 Å². The number of fused-ring (bicyclic) bond motifs is 1. The fraction of sp³-hybridized carbons (Fsp3) is 0.588. The summed E-state index contributed by atoms with van der Waals surface area (Å²) < 4.78 is 5.40. The summed E-state index contributed by atoms with van der Waals surface area (Å²) in [6.45, 7) is 9.35. The molecule has 1 N–H and O–H groups in total. The predicted molar refractivity (Wildman–Crippen MR) is 83.8 cm³/mol. The third-order valence-electron chi connectivity index (χ3n) is 4.33. The van der Waals surface area contributed by atoms with Gasteiger partial charge < -0.3 is 15.0 Å². The van der Waals surface area contributed by atoms with E-state index in [9.17, 15) is 4.79 Å². The first-order valence-electron chi connectivity index (χ1n) is 7.73. The Labute approximate surface area is 126 Å². The van der Waals surface area contributed by atoms with E-state index in [1.165, 1.54) is 11.1 Å². The Morgan fingerprint density at radius 2 is 2.19 bits per heavy atom. The van der Waals surface area contributed by atoms with Gasteiger partial charge in [0, 0.05) is 18.8 Å². The van der Waals surface area contributed by atoms with Crippen LogP contribution < -0.4 is 10.2 Å². The van der Waals surface area contributed by atoms with Crippen molar-refractivity contribution in [3.63, 3.8) is 0 Å². The molecule has 1 aromatic rings. The molecular weight excluding hydrogens is 264 g/mol. The number of rotatable bonds is 1. The maximum Gasteiger partial charge on any atom is 0.246 e. The van der Waals surface area contributed by atoms with Crippen LogP contribution in [0.5, 0.6) is 0 Å². The van der Waals surface area contributed by atoms with Crippen molar-refractivity contribution in [2.24, 2.45) is 0 Å². The number of anilines is 1. The molecule has 1 unspecified atom stereocenters. The summed E-state index contributed by atoms with van der Waals surface area (Å²) in [7, 11) is 0. The molecule has 0 spiro atoms. The standard InChI is InChI=1S/C17H24N2O2/c1-17(2,3)13-4-5-15-12(10-13)6-8-19(15)16(20)14-11-21-9-7-18-14/h4-5,10,14,18H,6-9,11H2,1-3H3. The number of carbonyl (C=O) groups is 1. The zero-order valence-electron chi connectivity index (χ0n) is 13.1. The Morgan fingerprint density at radius 1 is 1.38 bits per heavy atom. The Bertz CT molecular complexity index is 542. The molecule has 1 amide bonds. The van der Waals surface area contributed by atoms with Gasteiger partial charge in [-0.15, -0.1) is 0 Å². The number of hydrogen-bond acceptors (Lipinski definition) is 3. The average Bonchev–Trinajstić information content (AvgIpc) is 2.89. The molecule has 2 aliphatic rings. The summed E-state index contributed by atoms with van der Waals surface area (Å²) in [4.78, 5) is 14.5. The highest BCUT2D eigenvalue weighted by Crippen LogP contribution is 2.33. The third-order valence-corrected chi connectivity index (χ3v) is 4.33. The van der Waals surface area contributed by atoms with Gasteiger partial charge in [-0.05, 0) is 29.0 Å². The van der Waals surface area contributed by atoms with Crippen molar-refractivity contribution in [1.82, 2.24) is 5.32 Å². The van der Waals surface area contributed by atoms with E-state index in [-0.39, 0.29) is 17.4 Å². The predicted octanol–water partition coefficient (Wildman–Crippen LogP) is 1.86. The van der Waals surface area contributed by atoms with Crippen molar-refractivity contribution in [3.8, 4) is 0 Å². The van der Waals surface area contributed by atoms with Gasteiger partial charge in [-0.1, -0.05) is 32.9 Å². The number of nitrogens with one attached hydrogen (secondary N) is 1. The van der Waals surface area contributed by atoms with Gasteiger partial charge in [0.25, 0.3) is 0 Å². The number of ether oxygens (including phenoxy) is 1. The van der Waals surface area contributed by atoms with Gasteiger partial charge in [-0.25, -0.2) is 0 Å². The fourth-order valence-corrected chi connectivity index (χ4v) is 3.01. The smallest absolute Gasteiger partial charge is 0.246 e. The van der Waals surface area contributed by atoms with Gasteiger partial charge >= 0.3 is 0 Å². The molecule has 0 aliphatic carbocycles. The second-order valence-corrected chi connectivity index (χ2v) is 6.91. The van der Waals surface area contributed by atoms with Crippen molar-refractivity contribution in [3.05, 3.63) is 29.3 Å². The molecule has 3 rings (SSSR count). The summed E-state index contributed by atoms with van der Waals surface area (Å²) >= 11 is 0. The number of morpholine rings is 1. The van der Waals surface area contributed by atoms with E-state index in [2.05, 4.69) is 44.3 Å². The van der Waals surface area contributed by atoms with Crippen LogP contribution in [0.1, 0.15) is 31.9 Å². The number of carbonyl (C=O) groups excluding carboxylic acids is 1. The molecule has 0 saturated carbocycles. The summed E-state index contributed by atoms with van der Waals surface area (Å²) in [6.07, 6.45) is 0.943. The fourth-order valence-electron chi connectivity index (χ4n) is 3.01. The second kappa shape index (κ2) is 5.43. The van der Waals surface area contributed by atoms with Crippen LogP contribution in [0.3, 0.4) is 0 Å². The van der Waals surface area contributed by atoms with E-state index in [1.807, 2.05) is 4.90 Å². The van der Waals surface area contributed by atoms with Gasteiger partial charge in [0.05, 0.1) is 13.2 Å². The lowest BCUT2D eigenvalue weighted by Crippen LogP contribution is -2.52. The minimum absolute atomic E-state index is 0.136. The summed E-state index contributed by atoms with van der Waals surface area (Å²) in [5.41, 5.74) is 3.83. The van der Waals surface area contributed by atoms with Crippen LogP contribution >= 0.6 is 0 Å². The van der Waals surface area contributed by atoms with Crippen molar-refractivity contribution >= 4 is 11.6 Å². The monoisotopic (exact) mass is 288 g/mol. The van der Waals surface area contributed by atoms with Crippen molar-refractivity contribution in [1.29, 1.82) is 0 Å². The van der Waals surface area contributed by atoms with Gasteiger partial charge in [0.1, 0.15) is 6.04 Å². The minimum atomic E-state index is -0.202. The van der Waals surface area contributed by atoms with Crippen LogP contribution in [0.2, 0.25) is 0 Å². The van der Waals surface area contributed by atoms with E-state index in [1.54, 1.807) is 0 Å². The first kappa shape index (κ1) is 14.5. The van der Waals surface area contributed by atoms with E-state index in [0.29, 0.717) is 13.2 Å². The molecule has 0 radical (unpaired) electrons. The molecular formula is C17H24N2O2. The van der Waals surface area contributed by atoms with E-state index in [0.717, 1.165) is 25.2 Å². The molecule has 1 atom stereocenters. The molecule has 2 aliphatic heterocycles. The summed E-state index contributed by atoms with van der Waals surface area (Å²) in [5.74, 6) is 0.136. The van der Waals surface area contributed by atoms with Crippen LogP contribution in [-0.4, -0.2) is 38.3 Å². The molecule has 114 valence electrons. The summed E-state index contributed by atoms with van der Waals surface area (Å²) in [6, 6.07) is 6.31. The highest BCUT2D eigenvalue weighted by molar-refractivity contribution is 5.99. The zero-order valence-corrected chi connectivity index (χ0v) is 13.1. The van der Waals surface area contributed by atoms with Gasteiger partial charge in [0.2, 0.25) is 5.91 Å². The highest BCUT2D eigenvalue weighted by Gasteiger charge is 2.31. The summed E-state index contributed by atoms with van der Waals surface area (Å²) in [5, 5.41) is 3.25. The zero-order chi connectivity index (χ0) is 15.0. The van der Waals surface area contributed by atoms with Crippen molar-refractivity contribution < 1.29 is 9.53 Å². The average molecular weight is 288 g/mol. The normalized spacial score (nSPS) is 22.2. The lowest BCUT2D eigenvalue weighted by Gasteiger charge is -2.28. The van der Waals surface area contributed by atoms with E-state index < -0.39 is 0 Å². The topological polar surface area (TPSA) is 41.6 Å². The van der Waals surface area contributed by atoms with Crippen molar-refractivity contribution in [2.75, 3.05) is 31.2 Å². The molecule has 4 heteroatoms. The highest BCUT2D eigenvalue weighted by atomic mass is 16.5. The second-order valence-electron chi connectivity index (χ2n) is 6.91. The van der Waals surface area contributed by atoms with Crippen LogP contribution in [0.25, 0.3) is 0 Å². The first-order chi connectivity index (χ1) is 9.97. The van der Waals surface area contributed by atoms with Gasteiger partial charge in [0.15, 0.2) is 0 Å².